The molecule has 0 aromatic heterocycles. The molecule has 0 saturated heterocycles. The van der Waals surface area contributed by atoms with E-state index in [1.54, 1.807) is 6.07 Å². The predicted molar refractivity (Wildman–Crippen MR) is 100 cm³/mol. The third kappa shape index (κ3) is 5.34. The van der Waals surface area contributed by atoms with E-state index in [0.29, 0.717) is 24.7 Å². The molecule has 2 aromatic rings. The van der Waals surface area contributed by atoms with E-state index in [4.69, 9.17) is 14.2 Å². The molecule has 156 valence electrons. The van der Waals surface area contributed by atoms with Crippen molar-refractivity contribution in [3.8, 4) is 17.2 Å². The molecule has 1 aliphatic rings. The number of carbonyl (C=O) groups is 1. The SMILES string of the molecule is CC(C)[C@H](NC(=O)COc1cccc(C(F)(F)F)c1)c1ccc2c(c1)OCCO2. The molecule has 0 radical (unpaired) electrons. The molecule has 1 amide bonds. The van der Waals surface area contributed by atoms with Gasteiger partial charge < -0.3 is 19.5 Å². The summed E-state index contributed by atoms with van der Waals surface area (Å²) in [4.78, 5) is 12.4. The first kappa shape index (κ1) is 20.8. The monoisotopic (exact) mass is 409 g/mol. The number of fused-ring (bicyclic) bond motifs is 1. The zero-order valence-electron chi connectivity index (χ0n) is 16.1. The summed E-state index contributed by atoms with van der Waals surface area (Å²) in [6, 6.07) is 9.59. The van der Waals surface area contributed by atoms with Crippen LogP contribution in [0.15, 0.2) is 42.5 Å². The Labute approximate surface area is 166 Å². The Morgan fingerprint density at radius 1 is 1.10 bits per heavy atom. The van der Waals surface area contributed by atoms with Gasteiger partial charge in [0.2, 0.25) is 0 Å². The lowest BCUT2D eigenvalue weighted by atomic mass is 9.95. The van der Waals surface area contributed by atoms with Crippen LogP contribution in [0.3, 0.4) is 0 Å². The first-order valence-electron chi connectivity index (χ1n) is 9.23. The molecule has 3 rings (SSSR count). The third-order valence-electron chi connectivity index (χ3n) is 4.44. The summed E-state index contributed by atoms with van der Waals surface area (Å²) in [6.07, 6.45) is -4.47. The summed E-state index contributed by atoms with van der Waals surface area (Å²) in [7, 11) is 0. The highest BCUT2D eigenvalue weighted by Crippen LogP contribution is 2.34. The Kier molecular flexibility index (Phi) is 6.20. The molecule has 0 aliphatic carbocycles. The van der Waals surface area contributed by atoms with E-state index in [0.717, 1.165) is 17.7 Å². The van der Waals surface area contributed by atoms with Crippen molar-refractivity contribution in [1.29, 1.82) is 0 Å². The van der Waals surface area contributed by atoms with Crippen LogP contribution in [0.1, 0.15) is 31.0 Å². The number of carbonyl (C=O) groups excluding carboxylic acids is 1. The Balaban J connectivity index is 1.65. The fourth-order valence-electron chi connectivity index (χ4n) is 3.01. The standard InChI is InChI=1S/C21H22F3NO4/c1-13(2)20(14-6-7-17-18(10-14)28-9-8-27-17)25-19(26)12-29-16-5-3-4-15(11-16)21(22,23)24/h3-7,10-11,13,20H,8-9,12H2,1-2H3,(H,25,26)/t20-/m0/s1. The zero-order chi connectivity index (χ0) is 21.0. The van der Waals surface area contributed by atoms with Crippen molar-refractivity contribution in [2.24, 2.45) is 5.92 Å². The number of hydrogen-bond donors (Lipinski definition) is 1. The number of ether oxygens (including phenoxy) is 3. The van der Waals surface area contributed by atoms with Gasteiger partial charge in [-0.05, 0) is 41.8 Å². The van der Waals surface area contributed by atoms with Crippen molar-refractivity contribution in [3.63, 3.8) is 0 Å². The molecule has 8 heteroatoms. The normalized spacial score (nSPS) is 14.4. The Morgan fingerprint density at radius 3 is 2.52 bits per heavy atom. The number of benzene rings is 2. The minimum atomic E-state index is -4.47. The lowest BCUT2D eigenvalue weighted by Crippen LogP contribution is -2.35. The summed E-state index contributed by atoms with van der Waals surface area (Å²) in [5.74, 6) is 0.886. The van der Waals surface area contributed by atoms with Gasteiger partial charge in [0.15, 0.2) is 18.1 Å². The second-order valence-electron chi connectivity index (χ2n) is 7.01. The second-order valence-corrected chi connectivity index (χ2v) is 7.01. The summed E-state index contributed by atoms with van der Waals surface area (Å²) in [6.45, 7) is 4.46. The van der Waals surface area contributed by atoms with Gasteiger partial charge in [0, 0.05) is 0 Å². The average Bonchev–Trinajstić information content (AvgIpc) is 2.69. The van der Waals surface area contributed by atoms with E-state index in [-0.39, 0.29) is 17.7 Å². The van der Waals surface area contributed by atoms with Crippen LogP contribution in [0.4, 0.5) is 13.2 Å². The highest BCUT2D eigenvalue weighted by molar-refractivity contribution is 5.78. The second kappa shape index (κ2) is 8.63. The van der Waals surface area contributed by atoms with Crippen molar-refractivity contribution in [3.05, 3.63) is 53.6 Å². The quantitative estimate of drug-likeness (QED) is 0.770. The lowest BCUT2D eigenvalue weighted by Gasteiger charge is -2.25. The zero-order valence-corrected chi connectivity index (χ0v) is 16.1. The van der Waals surface area contributed by atoms with Crippen LogP contribution in [-0.4, -0.2) is 25.7 Å². The van der Waals surface area contributed by atoms with Crippen LogP contribution >= 0.6 is 0 Å². The van der Waals surface area contributed by atoms with Crippen molar-refractivity contribution in [1.82, 2.24) is 5.32 Å². The van der Waals surface area contributed by atoms with Crippen molar-refractivity contribution in [2.75, 3.05) is 19.8 Å². The van der Waals surface area contributed by atoms with Crippen LogP contribution in [-0.2, 0) is 11.0 Å². The summed E-state index contributed by atoms with van der Waals surface area (Å²) in [5, 5.41) is 2.87. The van der Waals surface area contributed by atoms with Gasteiger partial charge in [0.25, 0.3) is 5.91 Å². The highest BCUT2D eigenvalue weighted by Gasteiger charge is 2.30. The Bertz CT molecular complexity index is 867. The van der Waals surface area contributed by atoms with E-state index < -0.39 is 24.3 Å². The first-order valence-corrected chi connectivity index (χ1v) is 9.23. The van der Waals surface area contributed by atoms with E-state index >= 15 is 0 Å². The number of rotatable bonds is 6. The number of halogens is 3. The smallest absolute Gasteiger partial charge is 0.416 e. The van der Waals surface area contributed by atoms with E-state index in [9.17, 15) is 18.0 Å². The Hall–Kier alpha value is -2.90. The van der Waals surface area contributed by atoms with Gasteiger partial charge in [-0.25, -0.2) is 0 Å². The van der Waals surface area contributed by atoms with Crippen LogP contribution in [0.25, 0.3) is 0 Å². The van der Waals surface area contributed by atoms with Crippen molar-refractivity contribution >= 4 is 5.91 Å². The molecule has 2 aromatic carbocycles. The van der Waals surface area contributed by atoms with Gasteiger partial charge in [0.05, 0.1) is 11.6 Å². The topological polar surface area (TPSA) is 56.8 Å². The number of alkyl halides is 3. The van der Waals surface area contributed by atoms with Crippen molar-refractivity contribution < 1.29 is 32.2 Å². The van der Waals surface area contributed by atoms with Gasteiger partial charge in [0.1, 0.15) is 19.0 Å². The van der Waals surface area contributed by atoms with Gasteiger partial charge in [-0.2, -0.15) is 13.2 Å². The fourth-order valence-corrected chi connectivity index (χ4v) is 3.01. The third-order valence-corrected chi connectivity index (χ3v) is 4.44. The maximum absolute atomic E-state index is 12.8. The predicted octanol–water partition coefficient (Wildman–Crippen LogP) is 4.37. The van der Waals surface area contributed by atoms with E-state index in [2.05, 4.69) is 5.32 Å². The molecule has 29 heavy (non-hydrogen) atoms. The minimum Gasteiger partial charge on any atom is -0.486 e. The molecule has 0 fully saturated rings. The summed E-state index contributed by atoms with van der Waals surface area (Å²) in [5.41, 5.74) is 0.0170. The molecule has 1 aliphatic heterocycles. The minimum absolute atomic E-state index is 0.0181. The van der Waals surface area contributed by atoms with Crippen molar-refractivity contribution in [2.45, 2.75) is 26.1 Å². The fraction of sp³-hybridized carbons (Fsp3) is 0.381. The average molecular weight is 409 g/mol. The van der Waals surface area contributed by atoms with Gasteiger partial charge in [-0.1, -0.05) is 26.0 Å². The highest BCUT2D eigenvalue weighted by atomic mass is 19.4. The molecule has 1 N–H and O–H groups in total. The van der Waals surface area contributed by atoms with Gasteiger partial charge in [-0.3, -0.25) is 4.79 Å². The molecular formula is C21H22F3NO4. The largest absolute Gasteiger partial charge is 0.486 e. The van der Waals surface area contributed by atoms with E-state index in [1.807, 2.05) is 26.0 Å². The van der Waals surface area contributed by atoms with Crippen LogP contribution < -0.4 is 19.5 Å². The summed E-state index contributed by atoms with van der Waals surface area (Å²) < 4.78 is 54.7. The molecule has 0 saturated carbocycles. The first-order chi connectivity index (χ1) is 13.7. The molecule has 0 spiro atoms. The number of amides is 1. The van der Waals surface area contributed by atoms with Crippen LogP contribution in [0, 0.1) is 5.92 Å². The van der Waals surface area contributed by atoms with Gasteiger partial charge in [-0.15, -0.1) is 0 Å². The maximum atomic E-state index is 12.8. The molecular weight excluding hydrogens is 387 g/mol. The number of nitrogens with one attached hydrogen (secondary N) is 1. The molecule has 1 atom stereocenters. The van der Waals surface area contributed by atoms with Gasteiger partial charge >= 0.3 is 6.18 Å². The molecule has 1 heterocycles. The Morgan fingerprint density at radius 2 is 1.83 bits per heavy atom. The lowest BCUT2D eigenvalue weighted by molar-refractivity contribution is -0.137. The van der Waals surface area contributed by atoms with E-state index in [1.165, 1.54) is 12.1 Å². The molecule has 0 bridgehead atoms. The maximum Gasteiger partial charge on any atom is 0.416 e. The summed E-state index contributed by atoms with van der Waals surface area (Å²) >= 11 is 0. The number of hydrogen-bond acceptors (Lipinski definition) is 4. The molecule has 0 unspecified atom stereocenters. The van der Waals surface area contributed by atoms with Crippen LogP contribution in [0.2, 0.25) is 0 Å². The van der Waals surface area contributed by atoms with Crippen LogP contribution in [0.5, 0.6) is 17.2 Å². The molecule has 5 nitrogen and oxygen atoms in total.